The van der Waals surface area contributed by atoms with Crippen LogP contribution in [0.3, 0.4) is 0 Å². The molecule has 1 aromatic heterocycles. The van der Waals surface area contributed by atoms with Gasteiger partial charge in [-0.25, -0.2) is 0 Å². The molecule has 0 aliphatic carbocycles. The summed E-state index contributed by atoms with van der Waals surface area (Å²) in [4.78, 5) is 52.5. The molecule has 2 amide bonds. The molecule has 13 heteroatoms. The molecule has 2 aliphatic rings. The number of amides is 2. The number of benzene rings is 1. The van der Waals surface area contributed by atoms with Crippen molar-refractivity contribution in [2.24, 2.45) is 5.92 Å². The van der Waals surface area contributed by atoms with Crippen molar-refractivity contribution in [2.75, 3.05) is 32.4 Å². The Bertz CT molecular complexity index is 1260. The van der Waals surface area contributed by atoms with Crippen LogP contribution >= 0.6 is 8.38 Å². The summed E-state index contributed by atoms with van der Waals surface area (Å²) in [6, 6.07) is 8.56. The monoisotopic (exact) mass is 625 g/mol. The summed E-state index contributed by atoms with van der Waals surface area (Å²) in [5.41, 5.74) is -2.37. The van der Waals surface area contributed by atoms with E-state index in [-0.39, 0.29) is 51.2 Å². The second kappa shape index (κ2) is 14.3. The number of para-hydroxylation sites is 1. The van der Waals surface area contributed by atoms with Crippen molar-refractivity contribution >= 4 is 20.2 Å². The second-order valence-electron chi connectivity index (χ2n) is 11.2. The number of rotatable bonds is 10. The van der Waals surface area contributed by atoms with E-state index in [0.717, 1.165) is 12.1 Å². The van der Waals surface area contributed by atoms with Gasteiger partial charge in [0.15, 0.2) is 8.38 Å². The van der Waals surface area contributed by atoms with Crippen molar-refractivity contribution in [3.8, 4) is 5.75 Å². The highest BCUT2D eigenvalue weighted by molar-refractivity contribution is 7.45. The zero-order valence-electron chi connectivity index (χ0n) is 24.2. The average molecular weight is 626 g/mol. The Morgan fingerprint density at radius 3 is 2.51 bits per heavy atom. The molecule has 2 saturated heterocycles. The van der Waals surface area contributed by atoms with Gasteiger partial charge in [0.25, 0.3) is 5.91 Å². The number of carbonyl (C=O) groups is 2. The maximum absolute atomic E-state index is 13.9. The van der Waals surface area contributed by atoms with E-state index in [4.69, 9.17) is 14.5 Å². The number of hydrogen-bond acceptors (Lipinski definition) is 7. The first kappa shape index (κ1) is 33.1. The van der Waals surface area contributed by atoms with E-state index in [1.807, 2.05) is 6.92 Å². The number of aromatic nitrogens is 1. The molecule has 236 valence electrons. The summed E-state index contributed by atoms with van der Waals surface area (Å²) in [7, 11) is -2.00. The number of ether oxygens (including phenoxy) is 1. The van der Waals surface area contributed by atoms with Gasteiger partial charge in [-0.1, -0.05) is 31.5 Å². The fraction of sp³-hybridized carbons (Fsp3) is 0.567. The van der Waals surface area contributed by atoms with E-state index in [9.17, 15) is 27.9 Å². The van der Waals surface area contributed by atoms with E-state index in [1.54, 1.807) is 29.2 Å². The summed E-state index contributed by atoms with van der Waals surface area (Å²) in [6.45, 7) is 2.95. The zero-order chi connectivity index (χ0) is 31.2. The van der Waals surface area contributed by atoms with E-state index < -0.39 is 49.3 Å². The molecule has 2 aliphatic heterocycles. The van der Waals surface area contributed by atoms with E-state index in [1.165, 1.54) is 11.1 Å². The molecule has 0 saturated carbocycles. The van der Waals surface area contributed by atoms with Crippen LogP contribution in [0, 0.1) is 5.92 Å². The van der Waals surface area contributed by atoms with Crippen LogP contribution in [-0.4, -0.2) is 79.9 Å². The normalized spacial score (nSPS) is 20.7. The lowest BCUT2D eigenvalue weighted by Crippen LogP contribution is -2.55. The first-order valence-corrected chi connectivity index (χ1v) is 16.1. The number of halogens is 3. The third-order valence-electron chi connectivity index (χ3n) is 8.31. The summed E-state index contributed by atoms with van der Waals surface area (Å²) in [5, 5.41) is 11.6. The number of hydrogen-bond donors (Lipinski definition) is 3. The molecule has 3 heterocycles. The van der Waals surface area contributed by atoms with Gasteiger partial charge in [0.05, 0.1) is 23.7 Å². The number of alkyl halides is 3. The summed E-state index contributed by atoms with van der Waals surface area (Å²) in [5.74, 6) is -1.05. The first-order valence-electron chi connectivity index (χ1n) is 14.7. The Kier molecular flexibility index (Phi) is 11.0. The molecule has 1 aromatic carbocycles. The van der Waals surface area contributed by atoms with Crippen molar-refractivity contribution in [3.63, 3.8) is 0 Å². The van der Waals surface area contributed by atoms with Gasteiger partial charge < -0.3 is 29.4 Å². The lowest BCUT2D eigenvalue weighted by Gasteiger charge is -2.45. The van der Waals surface area contributed by atoms with Crippen LogP contribution in [0.1, 0.15) is 73.5 Å². The van der Waals surface area contributed by atoms with Crippen molar-refractivity contribution in [2.45, 2.75) is 69.7 Å². The predicted octanol–water partition coefficient (Wildman–Crippen LogP) is 4.70. The van der Waals surface area contributed by atoms with Crippen LogP contribution in [-0.2, 0) is 16.6 Å². The van der Waals surface area contributed by atoms with Crippen LogP contribution in [0.15, 0.2) is 42.6 Å². The minimum Gasteiger partial charge on any atom is -0.493 e. The number of aliphatic hydroxyl groups is 1. The van der Waals surface area contributed by atoms with Crippen LogP contribution in [0.5, 0.6) is 5.75 Å². The molecular weight excluding hydrogens is 586 g/mol. The smallest absolute Gasteiger partial charge is 0.418 e. The maximum atomic E-state index is 13.9. The number of piperidine rings is 2. The van der Waals surface area contributed by atoms with Crippen molar-refractivity contribution in [3.05, 3.63) is 59.4 Å². The molecule has 0 spiro atoms. The zero-order valence-corrected chi connectivity index (χ0v) is 25.1. The minimum absolute atomic E-state index is 0.163. The van der Waals surface area contributed by atoms with Gasteiger partial charge in [-0.3, -0.25) is 14.6 Å². The van der Waals surface area contributed by atoms with E-state index >= 15 is 0 Å². The molecule has 9 nitrogen and oxygen atoms in total. The fourth-order valence-corrected chi connectivity index (χ4v) is 6.57. The topological polar surface area (TPSA) is 123 Å². The SMILES string of the molecule is CCCC1C(C(=O)N2CCC(O)(c3ccccc3OCCCP(O)O)CC2)CCCN1C(=O)c1ncccc1C(F)(F)F. The molecule has 43 heavy (non-hydrogen) atoms. The lowest BCUT2D eigenvalue weighted by molar-refractivity contribution is -0.144. The van der Waals surface area contributed by atoms with Crippen LogP contribution in [0.2, 0.25) is 0 Å². The number of pyridine rings is 1. The molecule has 2 aromatic rings. The molecule has 2 fully saturated rings. The molecule has 2 atom stereocenters. The summed E-state index contributed by atoms with van der Waals surface area (Å²) in [6.07, 6.45) is -0.268. The van der Waals surface area contributed by atoms with Crippen molar-refractivity contribution in [1.29, 1.82) is 0 Å². The number of carbonyl (C=O) groups excluding carboxylic acids is 2. The van der Waals surface area contributed by atoms with Crippen LogP contribution in [0.4, 0.5) is 13.2 Å². The van der Waals surface area contributed by atoms with Gasteiger partial charge >= 0.3 is 6.18 Å². The average Bonchev–Trinajstić information content (AvgIpc) is 2.99. The Morgan fingerprint density at radius 2 is 1.84 bits per heavy atom. The Labute approximate surface area is 250 Å². The number of nitrogens with zero attached hydrogens (tertiary/aromatic N) is 3. The molecular formula is C30H39F3N3O6P. The van der Waals surface area contributed by atoms with Gasteiger partial charge in [-0.15, -0.1) is 0 Å². The molecule has 0 radical (unpaired) electrons. The third-order valence-corrected chi connectivity index (χ3v) is 9.02. The third kappa shape index (κ3) is 7.84. The first-order chi connectivity index (χ1) is 20.5. The molecule has 3 N–H and O–H groups in total. The van der Waals surface area contributed by atoms with E-state index in [0.29, 0.717) is 43.4 Å². The number of likely N-dealkylation sites (tertiary alicyclic amines) is 2. The van der Waals surface area contributed by atoms with Gasteiger partial charge in [0, 0.05) is 43.6 Å². The maximum Gasteiger partial charge on any atom is 0.418 e. The summed E-state index contributed by atoms with van der Waals surface area (Å²) < 4.78 is 46.9. The predicted molar refractivity (Wildman–Crippen MR) is 154 cm³/mol. The molecule has 4 rings (SSSR count). The Hall–Kier alpha value is -2.79. The molecule has 2 unspecified atom stereocenters. The highest BCUT2D eigenvalue weighted by Crippen LogP contribution is 2.40. The Balaban J connectivity index is 1.46. The quantitative estimate of drug-likeness (QED) is 0.259. The highest BCUT2D eigenvalue weighted by Gasteiger charge is 2.45. The minimum atomic E-state index is -4.73. The highest BCUT2D eigenvalue weighted by atomic mass is 31.2. The van der Waals surface area contributed by atoms with E-state index in [2.05, 4.69) is 4.98 Å². The lowest BCUT2D eigenvalue weighted by atomic mass is 9.81. The van der Waals surface area contributed by atoms with Gasteiger partial charge in [0.2, 0.25) is 5.91 Å². The second-order valence-corrected chi connectivity index (χ2v) is 12.3. The molecule has 0 bridgehead atoms. The van der Waals surface area contributed by atoms with Crippen molar-refractivity contribution in [1.82, 2.24) is 14.8 Å². The summed E-state index contributed by atoms with van der Waals surface area (Å²) >= 11 is 0. The van der Waals surface area contributed by atoms with Gasteiger partial charge in [-0.2, -0.15) is 13.2 Å². The van der Waals surface area contributed by atoms with Gasteiger partial charge in [-0.05, 0) is 56.7 Å². The Morgan fingerprint density at radius 1 is 1.12 bits per heavy atom. The van der Waals surface area contributed by atoms with Crippen LogP contribution < -0.4 is 4.74 Å². The van der Waals surface area contributed by atoms with Gasteiger partial charge in [0.1, 0.15) is 11.4 Å². The standard InChI is InChI=1S/C30H39F3N3O6P/c1-2-8-24-21(9-6-16-36(24)28(38)26-23(30(31,32)33)11-5-15-34-26)27(37)35-17-13-29(39,14-18-35)22-10-3-4-12-25(22)42-19-7-20-43(40)41/h3-5,10-12,15,21,24,39-41H,2,6-9,13-14,16-20H2,1H3. The van der Waals surface area contributed by atoms with Crippen LogP contribution in [0.25, 0.3) is 0 Å². The fourth-order valence-electron chi connectivity index (χ4n) is 6.16. The van der Waals surface area contributed by atoms with Crippen molar-refractivity contribution < 1.29 is 42.4 Å². The largest absolute Gasteiger partial charge is 0.493 e.